The maximum atomic E-state index is 12.1. The van der Waals surface area contributed by atoms with E-state index in [4.69, 9.17) is 5.11 Å². The molecule has 0 saturated heterocycles. The summed E-state index contributed by atoms with van der Waals surface area (Å²) in [6, 6.07) is 0. The van der Waals surface area contributed by atoms with Crippen molar-refractivity contribution in [3.8, 4) is 0 Å². The topological polar surface area (TPSA) is 66.4 Å². The maximum Gasteiger partial charge on any atom is 0.233 e. The molecular weight excluding hydrogens is 262 g/mol. The van der Waals surface area contributed by atoms with Crippen LogP contribution < -0.4 is 5.32 Å². The number of carbonyl (C=O) groups is 2. The number of nitrogens with one attached hydrogen (secondary N) is 1. The summed E-state index contributed by atoms with van der Waals surface area (Å²) in [6.07, 6.45) is 2.95. The number of thioether (sulfide) groups is 1. The largest absolute Gasteiger partial charge is 0.395 e. The second-order valence-electron chi connectivity index (χ2n) is 6.08. The van der Waals surface area contributed by atoms with Gasteiger partial charge >= 0.3 is 0 Å². The Morgan fingerprint density at radius 3 is 2.32 bits per heavy atom. The Morgan fingerprint density at radius 1 is 1.32 bits per heavy atom. The monoisotopic (exact) mass is 289 g/mol. The Labute approximate surface area is 120 Å². The Morgan fingerprint density at radius 2 is 1.89 bits per heavy atom. The highest BCUT2D eigenvalue weighted by Crippen LogP contribution is 2.25. The number of carbonyl (C=O) groups excluding carboxylic acids is 2. The zero-order valence-electron chi connectivity index (χ0n) is 12.7. The van der Waals surface area contributed by atoms with E-state index in [9.17, 15) is 9.59 Å². The molecule has 4 nitrogen and oxygen atoms in total. The van der Waals surface area contributed by atoms with Crippen molar-refractivity contribution in [2.75, 3.05) is 19.4 Å². The van der Waals surface area contributed by atoms with E-state index in [1.807, 2.05) is 34.0 Å². The number of ketones is 1. The van der Waals surface area contributed by atoms with Crippen LogP contribution in [-0.2, 0) is 9.59 Å². The minimum Gasteiger partial charge on any atom is -0.395 e. The molecule has 0 bridgehead atoms. The summed E-state index contributed by atoms with van der Waals surface area (Å²) < 4.78 is 0. The van der Waals surface area contributed by atoms with Crippen molar-refractivity contribution in [1.29, 1.82) is 0 Å². The maximum absolute atomic E-state index is 12.1. The zero-order chi connectivity index (χ0) is 15.1. The van der Waals surface area contributed by atoms with Gasteiger partial charge in [0.2, 0.25) is 5.91 Å². The molecule has 0 saturated carbocycles. The molecular formula is C14H27NO3S. The second kappa shape index (κ2) is 8.59. The van der Waals surface area contributed by atoms with Crippen LogP contribution in [0.25, 0.3) is 0 Å². The molecule has 0 fully saturated rings. The highest BCUT2D eigenvalue weighted by molar-refractivity contribution is 7.99. The fourth-order valence-electron chi connectivity index (χ4n) is 1.75. The molecule has 2 unspecified atom stereocenters. The lowest BCUT2D eigenvalue weighted by molar-refractivity contribution is -0.125. The number of hydrogen-bond acceptors (Lipinski definition) is 4. The SMILES string of the molecule is CSC(CC(C)C(=O)CC(C)(C)C)C(=O)NCCO. The number of rotatable bonds is 8. The van der Waals surface area contributed by atoms with Crippen molar-refractivity contribution < 1.29 is 14.7 Å². The molecule has 0 spiro atoms. The predicted molar refractivity (Wildman–Crippen MR) is 80.3 cm³/mol. The normalized spacial score (nSPS) is 14.8. The van der Waals surface area contributed by atoms with Crippen molar-refractivity contribution >= 4 is 23.5 Å². The van der Waals surface area contributed by atoms with Gasteiger partial charge in [-0.2, -0.15) is 11.8 Å². The number of Topliss-reactive ketones (excluding diaryl/α,β-unsaturated/α-hetero) is 1. The summed E-state index contributed by atoms with van der Waals surface area (Å²) in [5, 5.41) is 11.1. The summed E-state index contributed by atoms with van der Waals surface area (Å²) in [5.74, 6) is -0.00461. The number of aliphatic hydroxyl groups is 1. The second-order valence-corrected chi connectivity index (χ2v) is 7.12. The Kier molecular flexibility index (Phi) is 8.34. The van der Waals surface area contributed by atoms with Gasteiger partial charge in [0.15, 0.2) is 0 Å². The molecule has 0 aliphatic heterocycles. The first-order valence-electron chi connectivity index (χ1n) is 6.65. The van der Waals surface area contributed by atoms with E-state index in [0.717, 1.165) is 0 Å². The molecule has 0 radical (unpaired) electrons. The highest BCUT2D eigenvalue weighted by Gasteiger charge is 2.26. The Balaban J connectivity index is 4.37. The van der Waals surface area contributed by atoms with Crippen molar-refractivity contribution in [2.24, 2.45) is 11.3 Å². The van der Waals surface area contributed by atoms with Crippen LogP contribution in [0, 0.1) is 11.3 Å². The summed E-state index contributed by atoms with van der Waals surface area (Å²) in [4.78, 5) is 23.9. The lowest BCUT2D eigenvalue weighted by Gasteiger charge is -2.22. The van der Waals surface area contributed by atoms with Gasteiger partial charge in [-0.1, -0.05) is 27.7 Å². The van der Waals surface area contributed by atoms with Crippen molar-refractivity contribution in [3.05, 3.63) is 0 Å². The van der Waals surface area contributed by atoms with Gasteiger partial charge in [0.1, 0.15) is 5.78 Å². The molecule has 0 aromatic heterocycles. The van der Waals surface area contributed by atoms with Crippen LogP contribution in [0.1, 0.15) is 40.5 Å². The molecule has 0 rings (SSSR count). The van der Waals surface area contributed by atoms with Gasteiger partial charge in [-0.05, 0) is 18.1 Å². The fraction of sp³-hybridized carbons (Fsp3) is 0.857. The standard InChI is InChI=1S/C14H27NO3S/c1-10(11(17)9-14(2,3)4)8-12(19-5)13(18)15-6-7-16/h10,12,16H,6-9H2,1-5H3,(H,15,18). The van der Waals surface area contributed by atoms with Gasteiger partial charge in [0.25, 0.3) is 0 Å². The predicted octanol–water partition coefficient (Wildman–Crippen LogP) is 1.86. The van der Waals surface area contributed by atoms with Crippen molar-refractivity contribution in [3.63, 3.8) is 0 Å². The third kappa shape index (κ3) is 8.26. The lowest BCUT2D eigenvalue weighted by atomic mass is 9.85. The molecule has 2 N–H and O–H groups in total. The summed E-state index contributed by atoms with van der Waals surface area (Å²) in [6.45, 7) is 8.20. The molecule has 0 aromatic rings. The lowest BCUT2D eigenvalue weighted by Crippen LogP contribution is -2.36. The van der Waals surface area contributed by atoms with E-state index in [-0.39, 0.29) is 41.4 Å². The van der Waals surface area contributed by atoms with Crippen LogP contribution in [0.4, 0.5) is 0 Å². The van der Waals surface area contributed by atoms with E-state index < -0.39 is 0 Å². The van der Waals surface area contributed by atoms with E-state index >= 15 is 0 Å². The van der Waals surface area contributed by atoms with Crippen LogP contribution in [0.5, 0.6) is 0 Å². The van der Waals surface area contributed by atoms with Gasteiger partial charge in [-0.25, -0.2) is 0 Å². The van der Waals surface area contributed by atoms with E-state index in [1.54, 1.807) is 0 Å². The van der Waals surface area contributed by atoms with Gasteiger partial charge in [0, 0.05) is 18.9 Å². The molecule has 2 atom stereocenters. The average molecular weight is 289 g/mol. The van der Waals surface area contributed by atoms with E-state index in [0.29, 0.717) is 12.8 Å². The molecule has 0 heterocycles. The Bertz CT molecular complexity index is 300. The zero-order valence-corrected chi connectivity index (χ0v) is 13.5. The van der Waals surface area contributed by atoms with Gasteiger partial charge in [0.05, 0.1) is 11.9 Å². The molecule has 112 valence electrons. The first kappa shape index (κ1) is 18.4. The van der Waals surface area contributed by atoms with Gasteiger partial charge in [-0.15, -0.1) is 0 Å². The third-order valence-electron chi connectivity index (χ3n) is 2.81. The first-order valence-corrected chi connectivity index (χ1v) is 7.94. The van der Waals surface area contributed by atoms with Crippen molar-refractivity contribution in [2.45, 2.75) is 45.8 Å². The van der Waals surface area contributed by atoms with Gasteiger partial charge in [-0.3, -0.25) is 9.59 Å². The minimum absolute atomic E-state index is 0.0145. The minimum atomic E-state index is -0.231. The molecule has 0 aromatic carbocycles. The molecule has 1 amide bonds. The molecule has 0 aliphatic carbocycles. The summed E-state index contributed by atoms with van der Waals surface area (Å²) >= 11 is 1.45. The van der Waals surface area contributed by atoms with Crippen LogP contribution in [0.2, 0.25) is 0 Å². The fourth-order valence-corrected chi connectivity index (χ4v) is 2.53. The summed E-state index contributed by atoms with van der Waals surface area (Å²) in [7, 11) is 0. The van der Waals surface area contributed by atoms with Crippen LogP contribution in [0.3, 0.4) is 0 Å². The molecule has 0 aliphatic rings. The molecule has 5 heteroatoms. The summed E-state index contributed by atoms with van der Waals surface area (Å²) in [5.41, 5.74) is -0.0145. The smallest absolute Gasteiger partial charge is 0.233 e. The quantitative estimate of drug-likeness (QED) is 0.716. The van der Waals surface area contributed by atoms with Crippen molar-refractivity contribution in [1.82, 2.24) is 5.32 Å². The van der Waals surface area contributed by atoms with Crippen LogP contribution >= 0.6 is 11.8 Å². The number of hydrogen-bond donors (Lipinski definition) is 2. The first-order chi connectivity index (χ1) is 8.71. The average Bonchev–Trinajstić information content (AvgIpc) is 2.30. The Hall–Kier alpha value is -0.550. The number of amides is 1. The van der Waals surface area contributed by atoms with Gasteiger partial charge < -0.3 is 10.4 Å². The third-order valence-corrected chi connectivity index (χ3v) is 3.79. The van der Waals surface area contributed by atoms with E-state index in [2.05, 4.69) is 5.32 Å². The van der Waals surface area contributed by atoms with Crippen LogP contribution in [-0.4, -0.2) is 41.5 Å². The number of aliphatic hydroxyl groups excluding tert-OH is 1. The molecule has 19 heavy (non-hydrogen) atoms. The van der Waals surface area contributed by atoms with E-state index in [1.165, 1.54) is 11.8 Å². The highest BCUT2D eigenvalue weighted by atomic mass is 32.2. The van der Waals surface area contributed by atoms with Crippen LogP contribution in [0.15, 0.2) is 0 Å².